The molecule has 1 unspecified atom stereocenters. The Labute approximate surface area is 120 Å². The van der Waals surface area contributed by atoms with Crippen molar-refractivity contribution in [2.75, 3.05) is 30.3 Å². The SMILES string of the molecule is CCNc1cncc(NC(C)C(=O)N2CCCCC2)c1. The molecule has 0 radical (unpaired) electrons. The maximum atomic E-state index is 12.3. The van der Waals surface area contributed by atoms with Crippen molar-refractivity contribution < 1.29 is 4.79 Å². The smallest absolute Gasteiger partial charge is 0.244 e. The number of likely N-dealkylation sites (tertiary alicyclic amines) is 1. The Kier molecular flexibility index (Phi) is 5.21. The standard InChI is InChI=1S/C15H24N4O/c1-3-17-13-9-14(11-16-10-13)18-12(2)15(20)19-7-5-4-6-8-19/h9-12,17-18H,3-8H2,1-2H3. The van der Waals surface area contributed by atoms with E-state index in [2.05, 4.69) is 15.6 Å². The summed E-state index contributed by atoms with van der Waals surface area (Å²) in [6, 6.07) is 1.77. The fourth-order valence-electron chi connectivity index (χ4n) is 2.52. The van der Waals surface area contributed by atoms with Gasteiger partial charge in [0.2, 0.25) is 5.91 Å². The highest BCUT2D eigenvalue weighted by Gasteiger charge is 2.21. The second-order valence-electron chi connectivity index (χ2n) is 5.24. The molecule has 1 atom stereocenters. The van der Waals surface area contributed by atoms with Gasteiger partial charge in [0.1, 0.15) is 6.04 Å². The van der Waals surface area contributed by atoms with Gasteiger partial charge in [0.05, 0.1) is 23.8 Å². The van der Waals surface area contributed by atoms with Crippen LogP contribution in [0.5, 0.6) is 0 Å². The average Bonchev–Trinajstić information content (AvgIpc) is 2.48. The Morgan fingerprint density at radius 1 is 1.30 bits per heavy atom. The molecular weight excluding hydrogens is 252 g/mol. The van der Waals surface area contributed by atoms with Gasteiger partial charge in [-0.25, -0.2) is 0 Å². The van der Waals surface area contributed by atoms with E-state index in [0.29, 0.717) is 0 Å². The van der Waals surface area contributed by atoms with E-state index in [0.717, 1.165) is 43.9 Å². The van der Waals surface area contributed by atoms with Crippen molar-refractivity contribution in [2.24, 2.45) is 0 Å². The minimum atomic E-state index is -0.216. The van der Waals surface area contributed by atoms with E-state index >= 15 is 0 Å². The largest absolute Gasteiger partial charge is 0.384 e. The van der Waals surface area contributed by atoms with Crippen LogP contribution in [0.1, 0.15) is 33.1 Å². The van der Waals surface area contributed by atoms with Gasteiger partial charge in [-0.2, -0.15) is 0 Å². The van der Waals surface area contributed by atoms with Crippen LogP contribution in [0.15, 0.2) is 18.5 Å². The molecule has 0 bridgehead atoms. The van der Waals surface area contributed by atoms with Crippen molar-refractivity contribution in [1.29, 1.82) is 0 Å². The fraction of sp³-hybridized carbons (Fsp3) is 0.600. The van der Waals surface area contributed by atoms with E-state index < -0.39 is 0 Å². The number of nitrogens with zero attached hydrogens (tertiary/aromatic N) is 2. The molecule has 1 saturated heterocycles. The second kappa shape index (κ2) is 7.12. The summed E-state index contributed by atoms with van der Waals surface area (Å²) in [4.78, 5) is 18.5. The van der Waals surface area contributed by atoms with Gasteiger partial charge >= 0.3 is 0 Å². The van der Waals surface area contributed by atoms with Gasteiger partial charge in [0.15, 0.2) is 0 Å². The number of rotatable bonds is 5. The Morgan fingerprint density at radius 2 is 2.00 bits per heavy atom. The summed E-state index contributed by atoms with van der Waals surface area (Å²) >= 11 is 0. The molecule has 2 heterocycles. The highest BCUT2D eigenvalue weighted by Crippen LogP contribution is 2.15. The fourth-order valence-corrected chi connectivity index (χ4v) is 2.52. The highest BCUT2D eigenvalue weighted by atomic mass is 16.2. The van der Waals surface area contributed by atoms with Crippen molar-refractivity contribution in [3.05, 3.63) is 18.5 Å². The van der Waals surface area contributed by atoms with Gasteiger partial charge in [-0.05, 0) is 39.2 Å². The van der Waals surface area contributed by atoms with E-state index in [4.69, 9.17) is 0 Å². The molecule has 1 amide bonds. The summed E-state index contributed by atoms with van der Waals surface area (Å²) in [5.41, 5.74) is 1.84. The molecule has 2 rings (SSSR count). The van der Waals surface area contributed by atoms with E-state index in [1.54, 1.807) is 12.4 Å². The summed E-state index contributed by atoms with van der Waals surface area (Å²) < 4.78 is 0. The van der Waals surface area contributed by atoms with E-state index in [1.807, 2.05) is 24.8 Å². The van der Waals surface area contributed by atoms with Gasteiger partial charge in [-0.3, -0.25) is 9.78 Å². The van der Waals surface area contributed by atoms with E-state index in [9.17, 15) is 4.79 Å². The van der Waals surface area contributed by atoms with Crippen molar-refractivity contribution in [3.63, 3.8) is 0 Å². The quantitative estimate of drug-likeness (QED) is 0.866. The lowest BCUT2D eigenvalue weighted by Crippen LogP contribution is -2.43. The van der Waals surface area contributed by atoms with Gasteiger partial charge < -0.3 is 15.5 Å². The van der Waals surface area contributed by atoms with Crippen LogP contribution in [-0.2, 0) is 4.79 Å². The van der Waals surface area contributed by atoms with Crippen molar-refractivity contribution in [2.45, 2.75) is 39.2 Å². The molecule has 5 nitrogen and oxygen atoms in total. The lowest BCUT2D eigenvalue weighted by molar-refractivity contribution is -0.132. The second-order valence-corrected chi connectivity index (χ2v) is 5.24. The van der Waals surface area contributed by atoms with Crippen LogP contribution in [0.2, 0.25) is 0 Å². The summed E-state index contributed by atoms with van der Waals surface area (Å²) in [5, 5.41) is 6.46. The first kappa shape index (κ1) is 14.6. The Morgan fingerprint density at radius 3 is 2.70 bits per heavy atom. The molecule has 20 heavy (non-hydrogen) atoms. The number of nitrogens with one attached hydrogen (secondary N) is 2. The highest BCUT2D eigenvalue weighted by molar-refractivity contribution is 5.84. The normalized spacial score (nSPS) is 16.6. The number of carbonyl (C=O) groups excluding carboxylic acids is 1. The number of pyridine rings is 1. The van der Waals surface area contributed by atoms with Crippen molar-refractivity contribution in [1.82, 2.24) is 9.88 Å². The average molecular weight is 276 g/mol. The van der Waals surface area contributed by atoms with Gasteiger partial charge in [0.25, 0.3) is 0 Å². The molecule has 1 aliphatic rings. The minimum Gasteiger partial charge on any atom is -0.384 e. The molecule has 0 aromatic carbocycles. The Balaban J connectivity index is 1.94. The topological polar surface area (TPSA) is 57.3 Å². The van der Waals surface area contributed by atoms with Crippen LogP contribution in [-0.4, -0.2) is 41.5 Å². The lowest BCUT2D eigenvalue weighted by atomic mass is 10.1. The van der Waals surface area contributed by atoms with Crippen LogP contribution >= 0.6 is 0 Å². The number of piperidine rings is 1. The maximum Gasteiger partial charge on any atom is 0.244 e. The molecule has 1 aliphatic heterocycles. The molecule has 1 aromatic rings. The predicted octanol–water partition coefficient (Wildman–Crippen LogP) is 2.33. The molecule has 0 spiro atoms. The van der Waals surface area contributed by atoms with Crippen molar-refractivity contribution >= 4 is 17.3 Å². The molecule has 110 valence electrons. The first-order chi connectivity index (χ1) is 9.70. The number of carbonyl (C=O) groups is 1. The third kappa shape index (κ3) is 3.85. The molecular formula is C15H24N4O. The summed E-state index contributed by atoms with van der Waals surface area (Å²) in [7, 11) is 0. The number of aromatic nitrogens is 1. The number of hydrogen-bond acceptors (Lipinski definition) is 4. The summed E-state index contributed by atoms with van der Waals surface area (Å²) in [6.07, 6.45) is 7.01. The maximum absolute atomic E-state index is 12.3. The van der Waals surface area contributed by atoms with Gasteiger partial charge in [0, 0.05) is 19.6 Å². The summed E-state index contributed by atoms with van der Waals surface area (Å²) in [5.74, 6) is 0.179. The van der Waals surface area contributed by atoms with Crippen LogP contribution < -0.4 is 10.6 Å². The molecule has 0 saturated carbocycles. The van der Waals surface area contributed by atoms with E-state index in [-0.39, 0.29) is 11.9 Å². The van der Waals surface area contributed by atoms with E-state index in [1.165, 1.54) is 6.42 Å². The molecule has 0 aliphatic carbocycles. The zero-order valence-electron chi connectivity index (χ0n) is 12.4. The molecule has 2 N–H and O–H groups in total. The monoisotopic (exact) mass is 276 g/mol. The van der Waals surface area contributed by atoms with Crippen molar-refractivity contribution in [3.8, 4) is 0 Å². The number of anilines is 2. The zero-order chi connectivity index (χ0) is 14.4. The molecule has 5 heteroatoms. The minimum absolute atomic E-state index is 0.179. The van der Waals surface area contributed by atoms with Crippen LogP contribution in [0.3, 0.4) is 0 Å². The summed E-state index contributed by atoms with van der Waals surface area (Å²) in [6.45, 7) is 6.59. The Bertz CT molecular complexity index is 443. The Hall–Kier alpha value is -1.78. The van der Waals surface area contributed by atoms with Gasteiger partial charge in [-0.15, -0.1) is 0 Å². The van der Waals surface area contributed by atoms with Gasteiger partial charge in [-0.1, -0.05) is 0 Å². The zero-order valence-corrected chi connectivity index (χ0v) is 12.4. The van der Waals surface area contributed by atoms with Crippen LogP contribution in [0.4, 0.5) is 11.4 Å². The van der Waals surface area contributed by atoms with Crippen LogP contribution in [0, 0.1) is 0 Å². The number of amides is 1. The first-order valence-electron chi connectivity index (χ1n) is 7.45. The lowest BCUT2D eigenvalue weighted by Gasteiger charge is -2.29. The molecule has 1 fully saturated rings. The molecule has 1 aromatic heterocycles. The first-order valence-corrected chi connectivity index (χ1v) is 7.45. The number of hydrogen-bond donors (Lipinski definition) is 2. The van der Waals surface area contributed by atoms with Crippen LogP contribution in [0.25, 0.3) is 0 Å². The third-order valence-electron chi connectivity index (χ3n) is 3.54. The third-order valence-corrected chi connectivity index (χ3v) is 3.54. The predicted molar refractivity (Wildman–Crippen MR) is 81.9 cm³/mol.